The van der Waals surface area contributed by atoms with Crippen molar-refractivity contribution in [2.24, 2.45) is 5.73 Å². The van der Waals surface area contributed by atoms with Gasteiger partial charge in [0.25, 0.3) is 5.91 Å². The zero-order valence-corrected chi connectivity index (χ0v) is 11.6. The molecule has 5 heteroatoms. The summed E-state index contributed by atoms with van der Waals surface area (Å²) in [4.78, 5) is 11.9. The van der Waals surface area contributed by atoms with Gasteiger partial charge in [-0.2, -0.15) is 0 Å². The molecule has 1 saturated carbocycles. The first-order valence-corrected chi connectivity index (χ1v) is 6.91. The molecule has 1 aromatic carbocycles. The number of rotatable bonds is 5. The van der Waals surface area contributed by atoms with Crippen molar-refractivity contribution >= 4 is 17.5 Å². The topological polar surface area (TPSA) is 64.3 Å². The molecule has 19 heavy (non-hydrogen) atoms. The van der Waals surface area contributed by atoms with Gasteiger partial charge in [0.15, 0.2) is 6.61 Å². The highest BCUT2D eigenvalue weighted by Crippen LogP contribution is 2.28. The van der Waals surface area contributed by atoms with E-state index < -0.39 is 0 Å². The molecule has 0 aromatic heterocycles. The van der Waals surface area contributed by atoms with Crippen molar-refractivity contribution < 1.29 is 9.53 Å². The Kier molecular flexibility index (Phi) is 4.66. The van der Waals surface area contributed by atoms with E-state index in [-0.39, 0.29) is 18.1 Å². The molecule has 1 aliphatic rings. The van der Waals surface area contributed by atoms with E-state index >= 15 is 0 Å². The zero-order valence-electron chi connectivity index (χ0n) is 10.8. The van der Waals surface area contributed by atoms with Gasteiger partial charge in [0.1, 0.15) is 5.75 Å². The number of nitrogens with one attached hydrogen (secondary N) is 1. The van der Waals surface area contributed by atoms with E-state index in [1.165, 1.54) is 0 Å². The number of hydrogen-bond acceptors (Lipinski definition) is 3. The molecule has 0 heterocycles. The second-order valence-corrected chi connectivity index (χ2v) is 5.37. The first-order valence-electron chi connectivity index (χ1n) is 6.54. The van der Waals surface area contributed by atoms with Gasteiger partial charge < -0.3 is 15.8 Å². The molecule has 4 nitrogen and oxygen atoms in total. The van der Waals surface area contributed by atoms with E-state index in [1.807, 2.05) is 12.1 Å². The van der Waals surface area contributed by atoms with Crippen LogP contribution in [0.25, 0.3) is 0 Å². The Morgan fingerprint density at radius 3 is 2.68 bits per heavy atom. The number of nitrogens with two attached hydrogens (primary N) is 1. The van der Waals surface area contributed by atoms with E-state index in [2.05, 4.69) is 5.32 Å². The Bertz CT molecular complexity index is 445. The molecule has 0 radical (unpaired) electrons. The van der Waals surface area contributed by atoms with Crippen molar-refractivity contribution in [1.82, 2.24) is 5.32 Å². The Balaban J connectivity index is 1.86. The van der Waals surface area contributed by atoms with Crippen LogP contribution in [0.5, 0.6) is 5.75 Å². The Morgan fingerprint density at radius 2 is 2.05 bits per heavy atom. The lowest BCUT2D eigenvalue weighted by Gasteiger charge is -2.28. The lowest BCUT2D eigenvalue weighted by molar-refractivity contribution is -0.124. The minimum absolute atomic E-state index is 0.0362. The van der Waals surface area contributed by atoms with Crippen LogP contribution in [0, 0.1) is 0 Å². The molecule has 1 fully saturated rings. The maximum atomic E-state index is 11.9. The van der Waals surface area contributed by atoms with Gasteiger partial charge in [-0.05, 0) is 25.0 Å². The van der Waals surface area contributed by atoms with Crippen molar-refractivity contribution in [3.8, 4) is 5.75 Å². The summed E-state index contributed by atoms with van der Waals surface area (Å²) in [7, 11) is 0. The average Bonchev–Trinajstić information content (AvgIpc) is 2.87. The molecule has 0 saturated heterocycles. The summed E-state index contributed by atoms with van der Waals surface area (Å²) in [6.07, 6.45) is 4.12. The highest BCUT2D eigenvalue weighted by molar-refractivity contribution is 6.32. The summed E-state index contributed by atoms with van der Waals surface area (Å²) in [5.41, 5.74) is 5.54. The summed E-state index contributed by atoms with van der Waals surface area (Å²) in [6, 6.07) is 7.10. The van der Waals surface area contributed by atoms with Gasteiger partial charge in [-0.3, -0.25) is 4.79 Å². The summed E-state index contributed by atoms with van der Waals surface area (Å²) in [5, 5.41) is 3.50. The summed E-state index contributed by atoms with van der Waals surface area (Å²) < 4.78 is 5.41. The van der Waals surface area contributed by atoms with Crippen LogP contribution in [0.1, 0.15) is 25.7 Å². The quantitative estimate of drug-likeness (QED) is 0.869. The SMILES string of the molecule is NCC1(NC(=O)COc2ccccc2Cl)CCCC1. The number of benzene rings is 1. The third-order valence-electron chi connectivity index (χ3n) is 3.55. The molecule has 1 amide bonds. The maximum Gasteiger partial charge on any atom is 0.258 e. The number of ether oxygens (including phenoxy) is 1. The summed E-state index contributed by atoms with van der Waals surface area (Å²) in [5.74, 6) is 0.375. The summed E-state index contributed by atoms with van der Waals surface area (Å²) >= 11 is 5.96. The maximum absolute atomic E-state index is 11.9. The third-order valence-corrected chi connectivity index (χ3v) is 3.86. The minimum Gasteiger partial charge on any atom is -0.482 e. The van der Waals surface area contributed by atoms with Gasteiger partial charge in [0.05, 0.1) is 10.6 Å². The number of halogens is 1. The van der Waals surface area contributed by atoms with E-state index in [0.29, 0.717) is 17.3 Å². The number of amides is 1. The smallest absolute Gasteiger partial charge is 0.258 e. The van der Waals surface area contributed by atoms with Gasteiger partial charge in [0, 0.05) is 6.54 Å². The lowest BCUT2D eigenvalue weighted by atomic mass is 9.98. The fourth-order valence-electron chi connectivity index (χ4n) is 2.47. The second kappa shape index (κ2) is 6.26. The molecule has 0 aliphatic heterocycles. The van der Waals surface area contributed by atoms with Gasteiger partial charge in [0.2, 0.25) is 0 Å². The van der Waals surface area contributed by atoms with Crippen LogP contribution in [-0.4, -0.2) is 24.6 Å². The predicted octanol–water partition coefficient (Wildman–Crippen LogP) is 2.11. The van der Waals surface area contributed by atoms with Crippen molar-refractivity contribution in [2.75, 3.05) is 13.2 Å². The number of carbonyl (C=O) groups excluding carboxylic acids is 1. The van der Waals surface area contributed by atoms with Crippen LogP contribution >= 0.6 is 11.6 Å². The molecule has 1 aliphatic carbocycles. The molecule has 0 atom stereocenters. The first kappa shape index (κ1) is 14.2. The van der Waals surface area contributed by atoms with Crippen molar-refractivity contribution in [2.45, 2.75) is 31.2 Å². The number of hydrogen-bond donors (Lipinski definition) is 2. The highest BCUT2D eigenvalue weighted by Gasteiger charge is 2.33. The van der Waals surface area contributed by atoms with Crippen LogP contribution in [-0.2, 0) is 4.79 Å². The van der Waals surface area contributed by atoms with E-state index in [0.717, 1.165) is 25.7 Å². The Labute approximate surface area is 118 Å². The lowest BCUT2D eigenvalue weighted by Crippen LogP contribution is -2.52. The number of para-hydroxylation sites is 1. The zero-order chi connectivity index (χ0) is 13.7. The van der Waals surface area contributed by atoms with Crippen LogP contribution in [0.4, 0.5) is 0 Å². The predicted molar refractivity (Wildman–Crippen MR) is 75.3 cm³/mol. The third kappa shape index (κ3) is 3.61. The minimum atomic E-state index is -0.235. The largest absolute Gasteiger partial charge is 0.482 e. The first-order chi connectivity index (χ1) is 9.15. The monoisotopic (exact) mass is 282 g/mol. The van der Waals surface area contributed by atoms with Crippen LogP contribution < -0.4 is 15.8 Å². The fraction of sp³-hybridized carbons (Fsp3) is 0.500. The highest BCUT2D eigenvalue weighted by atomic mass is 35.5. The van der Waals surface area contributed by atoms with Gasteiger partial charge in [-0.25, -0.2) is 0 Å². The van der Waals surface area contributed by atoms with Gasteiger partial charge in [-0.15, -0.1) is 0 Å². The normalized spacial score (nSPS) is 17.2. The van der Waals surface area contributed by atoms with Crippen molar-refractivity contribution in [3.63, 3.8) is 0 Å². The average molecular weight is 283 g/mol. The standard InChI is InChI=1S/C14H19ClN2O2/c15-11-5-1-2-6-12(11)19-9-13(18)17-14(10-16)7-3-4-8-14/h1-2,5-6H,3-4,7-10,16H2,(H,17,18). The van der Waals surface area contributed by atoms with E-state index in [4.69, 9.17) is 22.1 Å². The van der Waals surface area contributed by atoms with Gasteiger partial charge >= 0.3 is 0 Å². The Hall–Kier alpha value is -1.26. The van der Waals surface area contributed by atoms with E-state index in [1.54, 1.807) is 12.1 Å². The van der Waals surface area contributed by atoms with Crippen molar-refractivity contribution in [1.29, 1.82) is 0 Å². The van der Waals surface area contributed by atoms with E-state index in [9.17, 15) is 4.79 Å². The fourth-order valence-corrected chi connectivity index (χ4v) is 2.66. The molecule has 2 rings (SSSR count). The van der Waals surface area contributed by atoms with Gasteiger partial charge in [-0.1, -0.05) is 36.6 Å². The summed E-state index contributed by atoms with van der Waals surface area (Å²) in [6.45, 7) is 0.441. The van der Waals surface area contributed by atoms with Crippen LogP contribution in [0.2, 0.25) is 5.02 Å². The Morgan fingerprint density at radius 1 is 1.37 bits per heavy atom. The molecule has 1 aromatic rings. The molecule has 104 valence electrons. The second-order valence-electron chi connectivity index (χ2n) is 4.96. The molecule has 0 spiro atoms. The molecular weight excluding hydrogens is 264 g/mol. The molecule has 0 bridgehead atoms. The molecule has 3 N–H and O–H groups in total. The molecular formula is C14H19ClN2O2. The van der Waals surface area contributed by atoms with Crippen LogP contribution in [0.3, 0.4) is 0 Å². The number of carbonyl (C=O) groups is 1. The van der Waals surface area contributed by atoms with Crippen molar-refractivity contribution in [3.05, 3.63) is 29.3 Å². The molecule has 0 unspecified atom stereocenters. The van der Waals surface area contributed by atoms with Crippen LogP contribution in [0.15, 0.2) is 24.3 Å².